The molecule has 0 saturated carbocycles. The number of amides is 2. The van der Waals surface area contributed by atoms with Gasteiger partial charge in [-0.15, -0.1) is 0 Å². The van der Waals surface area contributed by atoms with Crippen molar-refractivity contribution in [2.24, 2.45) is 0 Å². The van der Waals surface area contributed by atoms with Gasteiger partial charge in [-0.25, -0.2) is 9.97 Å². The smallest absolute Gasteiger partial charge is 0.251 e. The van der Waals surface area contributed by atoms with Gasteiger partial charge in [0.1, 0.15) is 11.6 Å². The van der Waals surface area contributed by atoms with Crippen molar-refractivity contribution in [1.82, 2.24) is 20.6 Å². The Balaban J connectivity index is 1.51. The third-order valence-corrected chi connectivity index (χ3v) is 4.11. The Labute approximate surface area is 158 Å². The molecule has 3 rings (SSSR count). The average molecular weight is 369 g/mol. The predicted octanol–water partition coefficient (Wildman–Crippen LogP) is 0.668. The summed E-state index contributed by atoms with van der Waals surface area (Å²) >= 11 is 0. The molecule has 2 N–H and O–H groups in total. The summed E-state index contributed by atoms with van der Waals surface area (Å²) in [4.78, 5) is 35.0. The number of benzene rings is 1. The van der Waals surface area contributed by atoms with Crippen molar-refractivity contribution in [2.75, 3.05) is 37.7 Å². The van der Waals surface area contributed by atoms with Gasteiger partial charge in [-0.1, -0.05) is 18.2 Å². The van der Waals surface area contributed by atoms with Crippen LogP contribution in [0.25, 0.3) is 0 Å². The number of nitrogens with zero attached hydrogens (tertiary/aromatic N) is 3. The molecule has 0 spiro atoms. The molecule has 2 aromatic rings. The van der Waals surface area contributed by atoms with Gasteiger partial charge in [0.15, 0.2) is 0 Å². The first-order chi connectivity index (χ1) is 13.1. The molecule has 0 unspecified atom stereocenters. The van der Waals surface area contributed by atoms with Crippen LogP contribution in [0.4, 0.5) is 5.82 Å². The van der Waals surface area contributed by atoms with E-state index in [1.807, 2.05) is 19.1 Å². The van der Waals surface area contributed by atoms with Gasteiger partial charge in [-0.05, 0) is 19.1 Å². The van der Waals surface area contributed by atoms with E-state index in [1.165, 1.54) is 0 Å². The van der Waals surface area contributed by atoms with Crippen LogP contribution >= 0.6 is 0 Å². The maximum Gasteiger partial charge on any atom is 0.251 e. The van der Waals surface area contributed by atoms with E-state index in [1.54, 1.807) is 24.3 Å². The lowest BCUT2D eigenvalue weighted by Gasteiger charge is -2.28. The molecular weight excluding hydrogens is 346 g/mol. The number of hydrogen-bond acceptors (Lipinski definition) is 6. The van der Waals surface area contributed by atoms with E-state index in [2.05, 4.69) is 25.5 Å². The number of aromatic nitrogens is 2. The number of carbonyl (C=O) groups excluding carboxylic acids is 2. The van der Waals surface area contributed by atoms with Crippen molar-refractivity contribution in [2.45, 2.75) is 13.5 Å². The van der Waals surface area contributed by atoms with Crippen molar-refractivity contribution in [3.8, 4) is 0 Å². The Hall–Kier alpha value is -3.00. The van der Waals surface area contributed by atoms with Crippen molar-refractivity contribution in [3.05, 3.63) is 53.5 Å². The highest BCUT2D eigenvalue weighted by atomic mass is 16.5. The first-order valence-electron chi connectivity index (χ1n) is 8.89. The third kappa shape index (κ3) is 5.49. The minimum absolute atomic E-state index is 0.101. The average Bonchev–Trinajstić information content (AvgIpc) is 2.71. The molecule has 1 fully saturated rings. The molecule has 2 heterocycles. The van der Waals surface area contributed by atoms with E-state index < -0.39 is 0 Å². The van der Waals surface area contributed by atoms with Gasteiger partial charge < -0.3 is 20.3 Å². The minimum Gasteiger partial charge on any atom is -0.378 e. The van der Waals surface area contributed by atoms with Crippen LogP contribution in [-0.2, 0) is 16.1 Å². The Morgan fingerprint density at radius 3 is 2.59 bits per heavy atom. The highest BCUT2D eigenvalue weighted by molar-refractivity contribution is 5.96. The molecule has 0 bridgehead atoms. The summed E-state index contributed by atoms with van der Waals surface area (Å²) < 4.78 is 5.36. The summed E-state index contributed by atoms with van der Waals surface area (Å²) in [6.07, 6.45) is 0. The Morgan fingerprint density at radius 2 is 1.85 bits per heavy atom. The topological polar surface area (TPSA) is 96.5 Å². The molecule has 1 aliphatic rings. The molecular formula is C19H23N5O3. The number of nitrogens with one attached hydrogen (secondary N) is 2. The summed E-state index contributed by atoms with van der Waals surface area (Å²) in [6, 6.07) is 10.7. The van der Waals surface area contributed by atoms with Gasteiger partial charge in [0.2, 0.25) is 5.91 Å². The highest BCUT2D eigenvalue weighted by Crippen LogP contribution is 2.14. The van der Waals surface area contributed by atoms with E-state index >= 15 is 0 Å². The van der Waals surface area contributed by atoms with Crippen LogP contribution in [0.1, 0.15) is 21.9 Å². The molecule has 8 nitrogen and oxygen atoms in total. The second-order valence-electron chi connectivity index (χ2n) is 6.21. The Bertz CT molecular complexity index is 791. The quantitative estimate of drug-likeness (QED) is 0.777. The maximum absolute atomic E-state index is 12.0. The fraction of sp³-hybridized carbons (Fsp3) is 0.368. The Kier molecular flexibility index (Phi) is 6.32. The molecule has 8 heteroatoms. The number of ether oxygens (including phenoxy) is 1. The number of anilines is 1. The number of hydrogen-bond donors (Lipinski definition) is 2. The number of rotatable bonds is 6. The lowest BCUT2D eigenvalue weighted by atomic mass is 10.2. The second-order valence-corrected chi connectivity index (χ2v) is 6.21. The van der Waals surface area contributed by atoms with Crippen LogP contribution in [0.2, 0.25) is 0 Å². The van der Waals surface area contributed by atoms with Crippen LogP contribution in [0.15, 0.2) is 36.4 Å². The van der Waals surface area contributed by atoms with Crippen molar-refractivity contribution >= 4 is 17.6 Å². The van der Waals surface area contributed by atoms with E-state index in [9.17, 15) is 9.59 Å². The van der Waals surface area contributed by atoms with E-state index in [4.69, 9.17) is 4.74 Å². The zero-order chi connectivity index (χ0) is 19.1. The summed E-state index contributed by atoms with van der Waals surface area (Å²) in [5.41, 5.74) is 1.36. The number of aryl methyl sites for hydroxylation is 1. The molecule has 1 aromatic carbocycles. The monoisotopic (exact) mass is 369 g/mol. The van der Waals surface area contributed by atoms with Gasteiger partial charge in [-0.3, -0.25) is 9.59 Å². The molecule has 0 aliphatic carbocycles. The van der Waals surface area contributed by atoms with Gasteiger partial charge in [-0.2, -0.15) is 0 Å². The summed E-state index contributed by atoms with van der Waals surface area (Å²) in [5, 5.41) is 5.34. The fourth-order valence-corrected chi connectivity index (χ4v) is 2.74. The number of morpholine rings is 1. The van der Waals surface area contributed by atoms with Gasteiger partial charge >= 0.3 is 0 Å². The molecule has 142 valence electrons. The van der Waals surface area contributed by atoms with Crippen molar-refractivity contribution in [1.29, 1.82) is 0 Å². The zero-order valence-corrected chi connectivity index (χ0v) is 15.3. The zero-order valence-electron chi connectivity index (χ0n) is 15.3. The number of carbonyl (C=O) groups is 2. The minimum atomic E-state index is -0.294. The summed E-state index contributed by atoms with van der Waals surface area (Å²) in [7, 11) is 0. The van der Waals surface area contributed by atoms with Gasteiger partial charge in [0, 0.05) is 30.4 Å². The second kappa shape index (κ2) is 9.09. The first-order valence-corrected chi connectivity index (χ1v) is 8.89. The molecule has 27 heavy (non-hydrogen) atoms. The fourth-order valence-electron chi connectivity index (χ4n) is 2.74. The van der Waals surface area contributed by atoms with E-state index in [-0.39, 0.29) is 24.9 Å². The van der Waals surface area contributed by atoms with E-state index in [0.29, 0.717) is 24.6 Å². The molecule has 1 aromatic heterocycles. The van der Waals surface area contributed by atoms with Crippen LogP contribution in [0.5, 0.6) is 0 Å². The largest absolute Gasteiger partial charge is 0.378 e. The summed E-state index contributed by atoms with van der Waals surface area (Å²) in [6.45, 7) is 4.93. The SMILES string of the molecule is Cc1cc(N2CCOCC2)nc(CNC(=O)CNC(=O)c2ccccc2)n1. The van der Waals surface area contributed by atoms with Gasteiger partial charge in [0.05, 0.1) is 26.3 Å². The third-order valence-electron chi connectivity index (χ3n) is 4.11. The van der Waals surface area contributed by atoms with Crippen LogP contribution in [0.3, 0.4) is 0 Å². The molecule has 0 atom stereocenters. The van der Waals surface area contributed by atoms with Crippen LogP contribution in [-0.4, -0.2) is 54.6 Å². The van der Waals surface area contributed by atoms with Gasteiger partial charge in [0.25, 0.3) is 5.91 Å². The van der Waals surface area contributed by atoms with E-state index in [0.717, 1.165) is 24.6 Å². The van der Waals surface area contributed by atoms with Crippen LogP contribution in [0, 0.1) is 6.92 Å². The first kappa shape index (κ1) is 18.8. The molecule has 0 radical (unpaired) electrons. The standard InChI is InChI=1S/C19H23N5O3/c1-14-11-17(24-7-9-27-10-8-24)23-16(22-14)12-20-18(25)13-21-19(26)15-5-3-2-4-6-15/h2-6,11H,7-10,12-13H2,1H3,(H,20,25)(H,21,26). The molecule has 2 amide bonds. The lowest BCUT2D eigenvalue weighted by molar-refractivity contribution is -0.120. The Morgan fingerprint density at radius 1 is 1.11 bits per heavy atom. The summed E-state index contributed by atoms with van der Waals surface area (Å²) in [5.74, 6) is 0.802. The normalized spacial score (nSPS) is 13.9. The van der Waals surface area contributed by atoms with Crippen LogP contribution < -0.4 is 15.5 Å². The lowest BCUT2D eigenvalue weighted by Crippen LogP contribution is -2.38. The maximum atomic E-state index is 12.0. The molecule has 1 aliphatic heterocycles. The van der Waals surface area contributed by atoms with Crippen molar-refractivity contribution in [3.63, 3.8) is 0 Å². The van der Waals surface area contributed by atoms with Crippen molar-refractivity contribution < 1.29 is 14.3 Å². The molecule has 1 saturated heterocycles. The predicted molar refractivity (Wildman–Crippen MR) is 100 cm³/mol. The highest BCUT2D eigenvalue weighted by Gasteiger charge is 2.14.